The van der Waals surface area contributed by atoms with Gasteiger partial charge in [0.15, 0.2) is 0 Å². The number of aryl methyl sites for hydroxylation is 1. The second kappa shape index (κ2) is 6.44. The quantitative estimate of drug-likeness (QED) is 0.267. The summed E-state index contributed by atoms with van der Waals surface area (Å²) in [6.45, 7) is 2.18. The van der Waals surface area contributed by atoms with E-state index in [2.05, 4.69) is 77.5 Å². The summed E-state index contributed by atoms with van der Waals surface area (Å²) >= 11 is 4.40. The van der Waals surface area contributed by atoms with E-state index in [-0.39, 0.29) is 0 Å². The zero-order valence-electron chi connectivity index (χ0n) is 13.0. The van der Waals surface area contributed by atoms with Gasteiger partial charge in [-0.15, -0.1) is 11.3 Å². The number of nitrogens with zero attached hydrogens (tertiary/aromatic N) is 1. The zero-order chi connectivity index (χ0) is 16.7. The van der Waals surface area contributed by atoms with Crippen molar-refractivity contribution >= 4 is 69.7 Å². The first kappa shape index (κ1) is 16.0. The topological polar surface area (TPSA) is 23.8 Å². The highest BCUT2D eigenvalue weighted by molar-refractivity contribution is 14.2. The summed E-state index contributed by atoms with van der Waals surface area (Å²) in [5, 5.41) is 14.6. The Balaban J connectivity index is 1.99. The molecule has 0 aliphatic carbocycles. The maximum absolute atomic E-state index is 9.44. The molecule has 0 aliphatic heterocycles. The number of hydrogen-bond donors (Lipinski definition) is 0. The maximum atomic E-state index is 9.44. The number of nitriles is 1. The van der Waals surface area contributed by atoms with Crippen LogP contribution in [0, 0.1) is 18.3 Å². The molecule has 4 heteroatoms. The van der Waals surface area contributed by atoms with E-state index >= 15 is 0 Å². The highest BCUT2D eigenvalue weighted by Gasteiger charge is 2.19. The largest absolute Gasteiger partial charge is 0.192 e. The number of halogens is 1. The van der Waals surface area contributed by atoms with Crippen LogP contribution in [-0.2, 0) is 0 Å². The van der Waals surface area contributed by atoms with Crippen LogP contribution in [0.2, 0.25) is 0 Å². The molecule has 24 heavy (non-hydrogen) atoms. The van der Waals surface area contributed by atoms with Crippen LogP contribution in [0.1, 0.15) is 11.1 Å². The average molecular weight is 457 g/mol. The minimum absolute atomic E-state index is 0.586. The van der Waals surface area contributed by atoms with Crippen molar-refractivity contribution in [2.45, 2.75) is 6.92 Å². The molecular weight excluding hydrogens is 444 g/mol. The number of fused-ring (bicyclic) bond motifs is 3. The van der Waals surface area contributed by atoms with E-state index in [1.165, 1.54) is 31.0 Å². The third-order valence-electron chi connectivity index (χ3n) is 4.15. The molecule has 4 aromatic rings. The van der Waals surface area contributed by atoms with Crippen molar-refractivity contribution in [3.05, 3.63) is 71.8 Å². The molecular formula is C20H13INPS. The van der Waals surface area contributed by atoms with Gasteiger partial charge in [0, 0.05) is 36.3 Å². The summed E-state index contributed by atoms with van der Waals surface area (Å²) in [5.41, 5.74) is 1.53. The molecule has 0 fully saturated rings. The van der Waals surface area contributed by atoms with Crippen molar-refractivity contribution in [2.75, 3.05) is 0 Å². The third kappa shape index (κ3) is 2.54. The van der Waals surface area contributed by atoms with Crippen molar-refractivity contribution in [2.24, 2.45) is 0 Å². The molecule has 0 N–H and O–H groups in total. The monoisotopic (exact) mass is 457 g/mol. The molecule has 4 rings (SSSR count). The Morgan fingerprint density at radius 2 is 1.54 bits per heavy atom. The molecule has 0 radical (unpaired) electrons. The van der Waals surface area contributed by atoms with Gasteiger partial charge in [-0.1, -0.05) is 54.6 Å². The lowest BCUT2D eigenvalue weighted by atomic mass is 10.1. The predicted octanol–water partition coefficient (Wildman–Crippen LogP) is 6.02. The van der Waals surface area contributed by atoms with Gasteiger partial charge in [-0.05, 0) is 40.6 Å². The van der Waals surface area contributed by atoms with Crippen LogP contribution in [0.3, 0.4) is 0 Å². The molecule has 0 unspecified atom stereocenters. The van der Waals surface area contributed by atoms with Gasteiger partial charge < -0.3 is 0 Å². The van der Waals surface area contributed by atoms with Gasteiger partial charge in [0.2, 0.25) is 0 Å². The summed E-state index contributed by atoms with van der Waals surface area (Å²) in [7, 11) is 0. The normalized spacial score (nSPS) is 12.4. The standard InChI is InChI=1S/C20H13INPS/c1-13-6-4-8-15-16-9-5-11-18(20(16)24-19(13)15)23(21)17-10-3-2-7-14(17)12-22/h2-11H,1H3/t23-/m1/s1. The highest BCUT2D eigenvalue weighted by Crippen LogP contribution is 2.47. The van der Waals surface area contributed by atoms with E-state index in [0.29, 0.717) is 0 Å². The number of thiophene rings is 1. The maximum Gasteiger partial charge on any atom is 0.0998 e. The molecule has 0 amide bonds. The molecule has 0 aliphatic rings. The van der Waals surface area contributed by atoms with Crippen molar-refractivity contribution in [1.29, 1.82) is 5.26 Å². The van der Waals surface area contributed by atoms with Gasteiger partial charge in [0.05, 0.1) is 11.6 Å². The Bertz CT molecular complexity index is 1110. The van der Waals surface area contributed by atoms with Gasteiger partial charge in [-0.25, -0.2) is 0 Å². The molecule has 0 bridgehead atoms. The molecule has 1 heterocycles. The summed E-state index contributed by atoms with van der Waals surface area (Å²) in [4.78, 5) is 0. The molecule has 1 aromatic heterocycles. The molecule has 0 saturated carbocycles. The summed E-state index contributed by atoms with van der Waals surface area (Å²) in [5.74, 6) is 0. The Morgan fingerprint density at radius 3 is 2.33 bits per heavy atom. The number of benzene rings is 3. The van der Waals surface area contributed by atoms with E-state index in [0.717, 1.165) is 10.9 Å². The van der Waals surface area contributed by atoms with E-state index in [9.17, 15) is 5.26 Å². The van der Waals surface area contributed by atoms with Gasteiger partial charge in [0.25, 0.3) is 0 Å². The number of rotatable bonds is 2. The third-order valence-corrected chi connectivity index (χ3v) is 10.4. The van der Waals surface area contributed by atoms with Crippen molar-refractivity contribution in [1.82, 2.24) is 0 Å². The van der Waals surface area contributed by atoms with Crippen molar-refractivity contribution in [3.8, 4) is 6.07 Å². The minimum Gasteiger partial charge on any atom is -0.192 e. The van der Waals surface area contributed by atoms with Gasteiger partial charge in [0.1, 0.15) is 0 Å². The minimum atomic E-state index is -0.586. The molecule has 116 valence electrons. The molecule has 3 aromatic carbocycles. The number of hydrogen-bond acceptors (Lipinski definition) is 2. The Labute approximate surface area is 159 Å². The Morgan fingerprint density at radius 1 is 0.875 bits per heavy atom. The van der Waals surface area contributed by atoms with E-state index in [4.69, 9.17) is 0 Å². The molecule has 1 nitrogen and oxygen atoms in total. The first-order valence-corrected chi connectivity index (χ1v) is 12.5. The Kier molecular flexibility index (Phi) is 4.30. The van der Waals surface area contributed by atoms with Crippen LogP contribution in [0.15, 0.2) is 60.7 Å². The zero-order valence-corrected chi connectivity index (χ0v) is 16.8. The van der Waals surface area contributed by atoms with Crippen molar-refractivity contribution in [3.63, 3.8) is 0 Å². The van der Waals surface area contributed by atoms with Crippen LogP contribution in [0.5, 0.6) is 0 Å². The summed E-state index contributed by atoms with van der Waals surface area (Å²) in [6, 6.07) is 23.4. The fraction of sp³-hybridized carbons (Fsp3) is 0.0500. The van der Waals surface area contributed by atoms with E-state index in [1.54, 1.807) is 0 Å². The molecule has 0 spiro atoms. The van der Waals surface area contributed by atoms with E-state index in [1.807, 2.05) is 29.5 Å². The van der Waals surface area contributed by atoms with Crippen molar-refractivity contribution < 1.29 is 0 Å². The first-order chi connectivity index (χ1) is 11.7. The fourth-order valence-electron chi connectivity index (χ4n) is 2.97. The lowest BCUT2D eigenvalue weighted by molar-refractivity contribution is 1.50. The highest BCUT2D eigenvalue weighted by atomic mass is 127. The molecule has 0 saturated heterocycles. The predicted molar refractivity (Wildman–Crippen MR) is 115 cm³/mol. The van der Waals surface area contributed by atoms with Gasteiger partial charge in [-0.2, -0.15) is 5.26 Å². The Hall–Kier alpha value is -1.47. The summed E-state index contributed by atoms with van der Waals surface area (Å²) < 4.78 is 2.73. The average Bonchev–Trinajstić information content (AvgIpc) is 3.01. The van der Waals surface area contributed by atoms with E-state index < -0.39 is 5.56 Å². The second-order valence-corrected chi connectivity index (χ2v) is 11.1. The lowest BCUT2D eigenvalue weighted by Gasteiger charge is -2.13. The van der Waals surface area contributed by atoms with Crippen LogP contribution >= 0.6 is 38.9 Å². The fourth-order valence-corrected chi connectivity index (χ4v) is 8.85. The first-order valence-electron chi connectivity index (χ1n) is 7.56. The smallest absolute Gasteiger partial charge is 0.0998 e. The van der Waals surface area contributed by atoms with Crippen LogP contribution < -0.4 is 10.6 Å². The molecule has 1 atom stereocenters. The van der Waals surface area contributed by atoms with Gasteiger partial charge in [-0.3, -0.25) is 0 Å². The second-order valence-electron chi connectivity index (χ2n) is 5.62. The SMILES string of the molecule is Cc1cccc2c1sc1c([P@](I)c3ccccc3C#N)cccc12. The van der Waals surface area contributed by atoms with Crippen LogP contribution in [0.4, 0.5) is 0 Å². The van der Waals surface area contributed by atoms with Gasteiger partial charge >= 0.3 is 0 Å². The van der Waals surface area contributed by atoms with Crippen LogP contribution in [-0.4, -0.2) is 0 Å². The summed E-state index contributed by atoms with van der Waals surface area (Å²) in [6.07, 6.45) is 0. The lowest BCUT2D eigenvalue weighted by Crippen LogP contribution is -2.11. The van der Waals surface area contributed by atoms with Crippen LogP contribution in [0.25, 0.3) is 20.2 Å².